The fourth-order valence-corrected chi connectivity index (χ4v) is 2.08. The van der Waals surface area contributed by atoms with Crippen LogP contribution < -0.4 is 5.32 Å². The van der Waals surface area contributed by atoms with E-state index in [1.54, 1.807) is 0 Å². The van der Waals surface area contributed by atoms with Gasteiger partial charge >= 0.3 is 0 Å². The van der Waals surface area contributed by atoms with Gasteiger partial charge in [0.25, 0.3) is 0 Å². The molecule has 0 aliphatic carbocycles. The van der Waals surface area contributed by atoms with Gasteiger partial charge in [0.15, 0.2) is 0 Å². The van der Waals surface area contributed by atoms with Crippen molar-refractivity contribution in [1.82, 2.24) is 5.32 Å². The minimum absolute atomic E-state index is 0.811. The average molecular weight is 230 g/mol. The quantitative estimate of drug-likeness (QED) is 0.752. The predicted molar refractivity (Wildman–Crippen MR) is 66.2 cm³/mol. The third-order valence-corrected chi connectivity index (χ3v) is 3.14. The first-order valence-electron chi connectivity index (χ1n) is 4.86. The molecule has 1 aromatic carbocycles. The summed E-state index contributed by atoms with van der Waals surface area (Å²) in [6.45, 7) is 4.28. The van der Waals surface area contributed by atoms with Crippen LogP contribution in [0.1, 0.15) is 12.5 Å². The van der Waals surface area contributed by atoms with Crippen molar-refractivity contribution in [2.45, 2.75) is 12.7 Å². The maximum Gasteiger partial charge on any atom is 0.0406 e. The maximum atomic E-state index is 5.80. The lowest BCUT2D eigenvalue weighted by Gasteiger charge is -2.02. The Morgan fingerprint density at radius 3 is 2.64 bits per heavy atom. The molecular weight excluding hydrogens is 214 g/mol. The zero-order valence-corrected chi connectivity index (χ0v) is 10.00. The number of nitrogens with one attached hydrogen (secondary N) is 1. The summed E-state index contributed by atoms with van der Waals surface area (Å²) in [5.41, 5.74) is 1.34. The summed E-state index contributed by atoms with van der Waals surface area (Å²) < 4.78 is 0. The van der Waals surface area contributed by atoms with Crippen molar-refractivity contribution in [3.05, 3.63) is 34.9 Å². The Morgan fingerprint density at radius 2 is 2.00 bits per heavy atom. The van der Waals surface area contributed by atoms with Crippen molar-refractivity contribution >= 4 is 23.4 Å². The van der Waals surface area contributed by atoms with Crippen LogP contribution in [0.25, 0.3) is 0 Å². The van der Waals surface area contributed by atoms with E-state index in [1.807, 2.05) is 23.9 Å². The van der Waals surface area contributed by atoms with Crippen LogP contribution in [-0.2, 0) is 5.75 Å². The summed E-state index contributed by atoms with van der Waals surface area (Å²) in [6.07, 6.45) is 0. The molecule has 1 N–H and O–H groups in total. The highest BCUT2D eigenvalue weighted by Crippen LogP contribution is 2.14. The summed E-state index contributed by atoms with van der Waals surface area (Å²) in [5.74, 6) is 2.24. The molecule has 0 fully saturated rings. The smallest absolute Gasteiger partial charge is 0.0406 e. The first kappa shape index (κ1) is 11.9. The van der Waals surface area contributed by atoms with E-state index in [4.69, 9.17) is 11.6 Å². The monoisotopic (exact) mass is 229 g/mol. The van der Waals surface area contributed by atoms with E-state index in [0.29, 0.717) is 0 Å². The van der Waals surface area contributed by atoms with Crippen LogP contribution >= 0.6 is 23.4 Å². The first-order chi connectivity index (χ1) is 6.83. The Labute approximate surface area is 95.2 Å². The third-order valence-electron chi connectivity index (χ3n) is 1.86. The molecule has 0 aromatic heterocycles. The van der Waals surface area contributed by atoms with Crippen LogP contribution in [0, 0.1) is 0 Å². The molecular formula is C11H16ClNS. The Bertz CT molecular complexity index is 248. The van der Waals surface area contributed by atoms with E-state index >= 15 is 0 Å². The Morgan fingerprint density at radius 1 is 1.29 bits per heavy atom. The number of thioether (sulfide) groups is 1. The summed E-state index contributed by atoms with van der Waals surface area (Å²) in [4.78, 5) is 0. The van der Waals surface area contributed by atoms with Gasteiger partial charge < -0.3 is 5.32 Å². The third kappa shape index (κ3) is 4.89. The van der Waals surface area contributed by atoms with Gasteiger partial charge in [-0.1, -0.05) is 30.7 Å². The molecule has 0 spiro atoms. The van der Waals surface area contributed by atoms with Crippen LogP contribution in [0.3, 0.4) is 0 Å². The molecule has 0 aliphatic rings. The maximum absolute atomic E-state index is 5.80. The highest BCUT2D eigenvalue weighted by atomic mass is 35.5. The standard InChI is InChI=1S/C11H16ClNS/c1-2-13-7-8-14-9-10-3-5-11(12)6-4-10/h3-6,13H,2,7-9H2,1H3. The van der Waals surface area contributed by atoms with E-state index in [-0.39, 0.29) is 0 Å². The molecule has 0 saturated carbocycles. The normalized spacial score (nSPS) is 10.4. The van der Waals surface area contributed by atoms with E-state index in [0.717, 1.165) is 29.6 Å². The number of rotatable bonds is 6. The molecule has 0 radical (unpaired) electrons. The molecule has 0 atom stereocenters. The fourth-order valence-electron chi connectivity index (χ4n) is 1.09. The van der Waals surface area contributed by atoms with Crippen molar-refractivity contribution in [1.29, 1.82) is 0 Å². The van der Waals surface area contributed by atoms with E-state index < -0.39 is 0 Å². The van der Waals surface area contributed by atoms with E-state index in [9.17, 15) is 0 Å². The largest absolute Gasteiger partial charge is 0.316 e. The van der Waals surface area contributed by atoms with Crippen molar-refractivity contribution in [2.24, 2.45) is 0 Å². The summed E-state index contributed by atoms with van der Waals surface area (Å²) in [6, 6.07) is 8.06. The molecule has 0 unspecified atom stereocenters. The van der Waals surface area contributed by atoms with Gasteiger partial charge in [-0.25, -0.2) is 0 Å². The molecule has 0 amide bonds. The van der Waals surface area contributed by atoms with Gasteiger partial charge in [0.2, 0.25) is 0 Å². The van der Waals surface area contributed by atoms with Crippen LogP contribution in [0.2, 0.25) is 5.02 Å². The number of hydrogen-bond donors (Lipinski definition) is 1. The Balaban J connectivity index is 2.15. The summed E-state index contributed by atoms with van der Waals surface area (Å²) in [7, 11) is 0. The Kier molecular flexibility index (Phi) is 6.08. The summed E-state index contributed by atoms with van der Waals surface area (Å²) >= 11 is 7.74. The average Bonchev–Trinajstić information content (AvgIpc) is 2.21. The van der Waals surface area contributed by atoms with Gasteiger partial charge in [0.05, 0.1) is 0 Å². The minimum atomic E-state index is 0.811. The molecule has 1 nitrogen and oxygen atoms in total. The topological polar surface area (TPSA) is 12.0 Å². The lowest BCUT2D eigenvalue weighted by Crippen LogP contribution is -2.15. The molecule has 3 heteroatoms. The number of hydrogen-bond acceptors (Lipinski definition) is 2. The molecule has 0 heterocycles. The summed E-state index contributed by atoms with van der Waals surface area (Å²) in [5, 5.41) is 4.11. The second kappa shape index (κ2) is 7.16. The molecule has 1 rings (SSSR count). The lowest BCUT2D eigenvalue weighted by molar-refractivity contribution is 0.768. The van der Waals surface area contributed by atoms with Gasteiger partial charge in [-0.2, -0.15) is 11.8 Å². The Hall–Kier alpha value is -0.180. The van der Waals surface area contributed by atoms with Crippen molar-refractivity contribution in [3.8, 4) is 0 Å². The van der Waals surface area contributed by atoms with Gasteiger partial charge in [0, 0.05) is 23.1 Å². The highest BCUT2D eigenvalue weighted by molar-refractivity contribution is 7.98. The second-order valence-corrected chi connectivity index (χ2v) is 4.57. The zero-order valence-electron chi connectivity index (χ0n) is 8.42. The van der Waals surface area contributed by atoms with Crippen molar-refractivity contribution in [3.63, 3.8) is 0 Å². The van der Waals surface area contributed by atoms with Crippen LogP contribution in [-0.4, -0.2) is 18.8 Å². The molecule has 0 aliphatic heterocycles. The predicted octanol–water partition coefficient (Wildman–Crippen LogP) is 3.18. The van der Waals surface area contributed by atoms with E-state index in [1.165, 1.54) is 5.56 Å². The van der Waals surface area contributed by atoms with Crippen LogP contribution in [0.4, 0.5) is 0 Å². The molecule has 0 bridgehead atoms. The van der Waals surface area contributed by atoms with Gasteiger partial charge in [0.1, 0.15) is 0 Å². The van der Waals surface area contributed by atoms with Gasteiger partial charge in [-0.15, -0.1) is 0 Å². The minimum Gasteiger partial charge on any atom is -0.316 e. The SMILES string of the molecule is CCNCCSCc1ccc(Cl)cc1. The van der Waals surface area contributed by atoms with E-state index in [2.05, 4.69) is 24.4 Å². The molecule has 78 valence electrons. The van der Waals surface area contributed by atoms with Gasteiger partial charge in [-0.3, -0.25) is 0 Å². The van der Waals surface area contributed by atoms with Crippen LogP contribution in [0.5, 0.6) is 0 Å². The van der Waals surface area contributed by atoms with Crippen molar-refractivity contribution < 1.29 is 0 Å². The van der Waals surface area contributed by atoms with Crippen LogP contribution in [0.15, 0.2) is 24.3 Å². The first-order valence-corrected chi connectivity index (χ1v) is 6.39. The molecule has 14 heavy (non-hydrogen) atoms. The number of halogens is 1. The van der Waals surface area contributed by atoms with Crippen molar-refractivity contribution in [2.75, 3.05) is 18.8 Å². The number of benzene rings is 1. The molecule has 0 saturated heterocycles. The molecule has 1 aromatic rings. The van der Waals surface area contributed by atoms with Gasteiger partial charge in [-0.05, 0) is 24.2 Å². The second-order valence-electron chi connectivity index (χ2n) is 3.03. The zero-order chi connectivity index (χ0) is 10.2. The highest BCUT2D eigenvalue weighted by Gasteiger charge is 1.93. The fraction of sp³-hybridized carbons (Fsp3) is 0.455. The lowest BCUT2D eigenvalue weighted by atomic mass is 10.2.